The Morgan fingerprint density at radius 3 is 2.31 bits per heavy atom. The van der Waals surface area contributed by atoms with Gasteiger partial charge in [-0.3, -0.25) is 0 Å². The maximum Gasteiger partial charge on any atom is 0.417 e. The quantitative estimate of drug-likeness (QED) is 0.669. The Hall–Kier alpha value is -2.52. The summed E-state index contributed by atoms with van der Waals surface area (Å²) in [7, 11) is 0. The number of aryl methyl sites for hydroxylation is 1. The number of aliphatic hydroxyl groups excluding tert-OH is 1. The van der Waals surface area contributed by atoms with E-state index in [1.807, 2.05) is 4.90 Å². The molecular formula is C23H25F3N2O. The van der Waals surface area contributed by atoms with Crippen LogP contribution >= 0.6 is 0 Å². The Morgan fingerprint density at radius 1 is 1.03 bits per heavy atom. The lowest BCUT2D eigenvalue weighted by atomic mass is 9.88. The van der Waals surface area contributed by atoms with Crippen LogP contribution in [0, 0.1) is 11.3 Å². The zero-order valence-corrected chi connectivity index (χ0v) is 16.3. The fourth-order valence-electron chi connectivity index (χ4n) is 3.93. The fourth-order valence-corrected chi connectivity index (χ4v) is 3.93. The first-order valence-electron chi connectivity index (χ1n) is 9.98. The van der Waals surface area contributed by atoms with Crippen molar-refractivity contribution in [1.29, 1.82) is 5.26 Å². The SMILES string of the molecule is N#Cc1ccc(N2CCC(c3ccc(CCCCO)cc3)CC2)cc1C(F)(F)F. The lowest BCUT2D eigenvalue weighted by Gasteiger charge is -2.34. The van der Waals surface area contributed by atoms with Gasteiger partial charge in [0.05, 0.1) is 17.2 Å². The van der Waals surface area contributed by atoms with Gasteiger partial charge in [-0.2, -0.15) is 18.4 Å². The third-order valence-corrected chi connectivity index (χ3v) is 5.61. The van der Waals surface area contributed by atoms with Crippen molar-refractivity contribution in [3.8, 4) is 6.07 Å². The summed E-state index contributed by atoms with van der Waals surface area (Å²) in [5.41, 5.74) is 1.85. The van der Waals surface area contributed by atoms with Crippen LogP contribution in [0.25, 0.3) is 0 Å². The minimum atomic E-state index is -4.53. The maximum absolute atomic E-state index is 13.2. The molecule has 0 atom stereocenters. The summed E-state index contributed by atoms with van der Waals surface area (Å²) in [4.78, 5) is 1.97. The topological polar surface area (TPSA) is 47.3 Å². The van der Waals surface area contributed by atoms with Gasteiger partial charge in [0, 0.05) is 25.4 Å². The van der Waals surface area contributed by atoms with Gasteiger partial charge in [0.15, 0.2) is 0 Å². The standard InChI is InChI=1S/C23H25F3N2O/c24-23(25,26)22-15-21(9-8-20(22)16-27)28-12-10-19(11-13-28)18-6-4-17(5-7-18)3-1-2-14-29/h4-9,15,19,29H,1-3,10-14H2. The van der Waals surface area contributed by atoms with E-state index in [1.165, 1.54) is 17.2 Å². The molecule has 1 saturated heterocycles. The molecule has 0 radical (unpaired) electrons. The molecule has 0 aromatic heterocycles. The van der Waals surface area contributed by atoms with E-state index in [4.69, 9.17) is 10.4 Å². The summed E-state index contributed by atoms with van der Waals surface area (Å²) in [6.07, 6.45) is -0.0292. The Kier molecular flexibility index (Phi) is 6.81. The Morgan fingerprint density at radius 2 is 1.72 bits per heavy atom. The summed E-state index contributed by atoms with van der Waals surface area (Å²) in [6, 6.07) is 14.2. The number of nitriles is 1. The molecule has 1 fully saturated rings. The zero-order chi connectivity index (χ0) is 20.9. The number of hydrogen-bond donors (Lipinski definition) is 1. The minimum absolute atomic E-state index is 0.223. The Bertz CT molecular complexity index is 848. The highest BCUT2D eigenvalue weighted by atomic mass is 19.4. The first kappa shape index (κ1) is 21.2. The second-order valence-corrected chi connectivity index (χ2v) is 7.52. The normalized spacial score (nSPS) is 15.3. The number of rotatable bonds is 6. The molecule has 1 N–H and O–H groups in total. The van der Waals surface area contributed by atoms with E-state index in [2.05, 4.69) is 24.3 Å². The molecule has 29 heavy (non-hydrogen) atoms. The van der Waals surface area contributed by atoms with Gasteiger partial charge in [-0.05, 0) is 67.3 Å². The number of aliphatic hydroxyl groups is 1. The molecule has 154 valence electrons. The smallest absolute Gasteiger partial charge is 0.396 e. The third-order valence-electron chi connectivity index (χ3n) is 5.61. The highest BCUT2D eigenvalue weighted by molar-refractivity contribution is 5.55. The third kappa shape index (κ3) is 5.30. The van der Waals surface area contributed by atoms with Crippen molar-refractivity contribution in [3.63, 3.8) is 0 Å². The summed E-state index contributed by atoms with van der Waals surface area (Å²) in [5, 5.41) is 17.8. The minimum Gasteiger partial charge on any atom is -0.396 e. The molecule has 1 heterocycles. The number of hydrogen-bond acceptors (Lipinski definition) is 3. The average molecular weight is 402 g/mol. The zero-order valence-electron chi connectivity index (χ0n) is 16.3. The van der Waals surface area contributed by atoms with Crippen LogP contribution in [-0.4, -0.2) is 24.8 Å². The molecule has 0 amide bonds. The molecular weight excluding hydrogens is 377 g/mol. The monoisotopic (exact) mass is 402 g/mol. The van der Waals surface area contributed by atoms with Gasteiger partial charge in [0.2, 0.25) is 0 Å². The number of halogens is 3. The van der Waals surface area contributed by atoms with Gasteiger partial charge >= 0.3 is 6.18 Å². The van der Waals surface area contributed by atoms with Crippen LogP contribution in [0.1, 0.15) is 53.9 Å². The van der Waals surface area contributed by atoms with Crippen molar-refractivity contribution in [1.82, 2.24) is 0 Å². The van der Waals surface area contributed by atoms with Gasteiger partial charge in [-0.25, -0.2) is 0 Å². The lowest BCUT2D eigenvalue weighted by Crippen LogP contribution is -2.33. The maximum atomic E-state index is 13.2. The van der Waals surface area contributed by atoms with Gasteiger partial charge < -0.3 is 10.0 Å². The number of anilines is 1. The predicted molar refractivity (Wildman–Crippen MR) is 107 cm³/mol. The van der Waals surface area contributed by atoms with Crippen LogP contribution in [0.5, 0.6) is 0 Å². The molecule has 2 aromatic carbocycles. The number of alkyl halides is 3. The largest absolute Gasteiger partial charge is 0.417 e. The summed E-state index contributed by atoms with van der Waals surface area (Å²) < 4.78 is 39.6. The van der Waals surface area contributed by atoms with Crippen molar-refractivity contribution in [2.75, 3.05) is 24.6 Å². The fraction of sp³-hybridized carbons (Fsp3) is 0.435. The Labute approximate surface area is 169 Å². The molecule has 0 saturated carbocycles. The van der Waals surface area contributed by atoms with Crippen molar-refractivity contribution < 1.29 is 18.3 Å². The number of unbranched alkanes of at least 4 members (excludes halogenated alkanes) is 1. The van der Waals surface area contributed by atoms with E-state index in [1.54, 1.807) is 12.1 Å². The Balaban J connectivity index is 1.63. The van der Waals surface area contributed by atoms with Crippen LogP contribution in [-0.2, 0) is 12.6 Å². The highest BCUT2D eigenvalue weighted by Gasteiger charge is 2.34. The second-order valence-electron chi connectivity index (χ2n) is 7.52. The van der Waals surface area contributed by atoms with Gasteiger partial charge in [-0.15, -0.1) is 0 Å². The molecule has 6 heteroatoms. The van der Waals surface area contributed by atoms with Crippen molar-refractivity contribution in [2.45, 2.75) is 44.2 Å². The van der Waals surface area contributed by atoms with Gasteiger partial charge in [0.25, 0.3) is 0 Å². The highest BCUT2D eigenvalue weighted by Crippen LogP contribution is 2.36. The van der Waals surface area contributed by atoms with Gasteiger partial charge in [0.1, 0.15) is 0 Å². The average Bonchev–Trinajstić information content (AvgIpc) is 2.73. The molecule has 2 aromatic rings. The first-order valence-corrected chi connectivity index (χ1v) is 9.98. The van der Waals surface area contributed by atoms with Crippen molar-refractivity contribution in [2.24, 2.45) is 0 Å². The summed E-state index contributed by atoms with van der Waals surface area (Å²) in [5.74, 6) is 0.401. The molecule has 0 spiro atoms. The van der Waals surface area contributed by atoms with E-state index in [0.717, 1.165) is 38.2 Å². The van der Waals surface area contributed by atoms with E-state index in [9.17, 15) is 13.2 Å². The molecule has 1 aliphatic rings. The van der Waals surface area contributed by atoms with Crippen LogP contribution in [0.4, 0.5) is 18.9 Å². The second kappa shape index (κ2) is 9.32. The number of benzene rings is 2. The number of nitrogens with zero attached hydrogens (tertiary/aromatic N) is 2. The summed E-state index contributed by atoms with van der Waals surface area (Å²) in [6.45, 7) is 1.60. The number of piperidine rings is 1. The van der Waals surface area contributed by atoms with Crippen LogP contribution in [0.3, 0.4) is 0 Å². The molecule has 3 nitrogen and oxygen atoms in total. The van der Waals surface area contributed by atoms with E-state index < -0.39 is 11.7 Å². The molecule has 0 unspecified atom stereocenters. The molecule has 1 aliphatic heterocycles. The van der Waals surface area contributed by atoms with Crippen LogP contribution < -0.4 is 4.90 Å². The van der Waals surface area contributed by atoms with Crippen molar-refractivity contribution in [3.05, 3.63) is 64.7 Å². The first-order chi connectivity index (χ1) is 13.9. The molecule has 3 rings (SSSR count). The van der Waals surface area contributed by atoms with Crippen LogP contribution in [0.15, 0.2) is 42.5 Å². The van der Waals surface area contributed by atoms with Gasteiger partial charge in [-0.1, -0.05) is 24.3 Å². The molecule has 0 aliphatic carbocycles. The van der Waals surface area contributed by atoms with E-state index in [-0.39, 0.29) is 12.2 Å². The molecule has 0 bridgehead atoms. The van der Waals surface area contributed by atoms with Crippen LogP contribution in [0.2, 0.25) is 0 Å². The van der Waals surface area contributed by atoms with E-state index >= 15 is 0 Å². The van der Waals surface area contributed by atoms with E-state index in [0.29, 0.717) is 24.7 Å². The predicted octanol–water partition coefficient (Wildman–Crippen LogP) is 5.28. The lowest BCUT2D eigenvalue weighted by molar-refractivity contribution is -0.137. The van der Waals surface area contributed by atoms with Crippen molar-refractivity contribution >= 4 is 5.69 Å². The summed E-state index contributed by atoms with van der Waals surface area (Å²) >= 11 is 0.